The van der Waals surface area contributed by atoms with Gasteiger partial charge >= 0.3 is 0 Å². The molecular weight excluding hydrogens is 402 g/mol. The van der Waals surface area contributed by atoms with E-state index in [0.717, 1.165) is 48.2 Å². The lowest BCUT2D eigenvalue weighted by Gasteiger charge is -2.29. The highest BCUT2D eigenvalue weighted by atomic mass is 79.9. The van der Waals surface area contributed by atoms with Crippen LogP contribution >= 0.6 is 15.9 Å². The van der Waals surface area contributed by atoms with Crippen LogP contribution in [0.1, 0.15) is 42.6 Å². The fourth-order valence-electron chi connectivity index (χ4n) is 3.36. The van der Waals surface area contributed by atoms with Gasteiger partial charge in [-0.05, 0) is 55.7 Å². The van der Waals surface area contributed by atoms with E-state index in [1.54, 1.807) is 0 Å². The number of likely N-dealkylation sites (tertiary alicyclic amines) is 1. The van der Waals surface area contributed by atoms with Crippen molar-refractivity contribution in [3.63, 3.8) is 0 Å². The van der Waals surface area contributed by atoms with Crippen molar-refractivity contribution in [2.24, 2.45) is 0 Å². The zero-order chi connectivity index (χ0) is 19.4. The van der Waals surface area contributed by atoms with Crippen molar-refractivity contribution in [3.8, 4) is 5.69 Å². The number of imidazole rings is 1. The van der Waals surface area contributed by atoms with Crippen molar-refractivity contribution in [3.05, 3.63) is 59.9 Å². The highest BCUT2D eigenvalue weighted by Gasteiger charge is 2.22. The first kappa shape index (κ1) is 19.6. The van der Waals surface area contributed by atoms with E-state index in [1.165, 1.54) is 5.56 Å². The lowest BCUT2D eigenvalue weighted by molar-refractivity contribution is 0.0728. The summed E-state index contributed by atoms with van der Waals surface area (Å²) in [5, 5.41) is 0. The Labute approximate surface area is 169 Å². The van der Waals surface area contributed by atoms with Gasteiger partial charge in [0.25, 0.3) is 5.91 Å². The number of hydrogen-bond acceptors (Lipinski definition) is 2. The van der Waals surface area contributed by atoms with Crippen LogP contribution in [-0.4, -0.2) is 38.3 Å². The molecule has 0 radical (unpaired) electrons. The summed E-state index contributed by atoms with van der Waals surface area (Å²) in [5.41, 5.74) is 4.88. The van der Waals surface area contributed by atoms with E-state index in [9.17, 15) is 4.79 Å². The van der Waals surface area contributed by atoms with E-state index in [-0.39, 0.29) is 5.91 Å². The monoisotopic (exact) mass is 427 g/mol. The molecule has 1 amide bonds. The highest BCUT2D eigenvalue weighted by Crippen LogP contribution is 2.23. The smallest absolute Gasteiger partial charge is 0.253 e. The van der Waals surface area contributed by atoms with E-state index in [4.69, 9.17) is 0 Å². The van der Waals surface area contributed by atoms with Crippen LogP contribution in [0.3, 0.4) is 0 Å². The number of carbonyl (C=O) groups excluding carboxylic acids is 1. The molecule has 2 heterocycles. The van der Waals surface area contributed by atoms with Gasteiger partial charge in [0, 0.05) is 29.2 Å². The van der Waals surface area contributed by atoms with Gasteiger partial charge in [-0.1, -0.05) is 41.9 Å². The van der Waals surface area contributed by atoms with E-state index >= 15 is 0 Å². The number of piperidine rings is 1. The zero-order valence-electron chi connectivity index (χ0n) is 16.2. The summed E-state index contributed by atoms with van der Waals surface area (Å²) in [4.78, 5) is 19.7. The van der Waals surface area contributed by atoms with Crippen LogP contribution in [0.5, 0.6) is 0 Å². The first-order chi connectivity index (χ1) is 13.1. The molecule has 5 heteroatoms. The standard InChI is InChI=1S/C20H20BrN3O.C2H6/c1-14-3-2-4-17(11-14)24-13-22-18-12-15(5-6-19(18)24)20(25)23-9-7-16(21)8-10-23;1-2/h2-6,11-13,16H,7-10H2,1H3;1-2H3. The number of hydrogen-bond donors (Lipinski definition) is 0. The molecule has 0 aliphatic carbocycles. The first-order valence-corrected chi connectivity index (χ1v) is 10.5. The van der Waals surface area contributed by atoms with Crippen molar-refractivity contribution in [1.29, 1.82) is 0 Å². The lowest BCUT2D eigenvalue weighted by atomic mass is 10.1. The van der Waals surface area contributed by atoms with Crippen LogP contribution in [0.25, 0.3) is 16.7 Å². The Morgan fingerprint density at radius 3 is 2.56 bits per heavy atom. The minimum Gasteiger partial charge on any atom is -0.339 e. The summed E-state index contributed by atoms with van der Waals surface area (Å²) in [6.07, 6.45) is 3.84. The van der Waals surface area contributed by atoms with Gasteiger partial charge in [-0.3, -0.25) is 9.36 Å². The number of aryl methyl sites for hydroxylation is 1. The van der Waals surface area contributed by atoms with Gasteiger partial charge in [0.1, 0.15) is 6.33 Å². The van der Waals surface area contributed by atoms with E-state index in [1.807, 2.05) is 49.3 Å². The molecule has 2 aromatic carbocycles. The predicted octanol–water partition coefficient (Wildman–Crippen LogP) is 5.36. The van der Waals surface area contributed by atoms with Gasteiger partial charge in [0.05, 0.1) is 11.0 Å². The number of aromatic nitrogens is 2. The van der Waals surface area contributed by atoms with Gasteiger partial charge in [-0.15, -0.1) is 0 Å². The summed E-state index contributed by atoms with van der Waals surface area (Å²) in [6, 6.07) is 14.1. The third-order valence-electron chi connectivity index (χ3n) is 4.79. The Balaban J connectivity index is 0.00000102. The summed E-state index contributed by atoms with van der Waals surface area (Å²) < 4.78 is 2.06. The average Bonchev–Trinajstić information content (AvgIpc) is 3.13. The quantitative estimate of drug-likeness (QED) is 0.516. The van der Waals surface area contributed by atoms with Gasteiger partial charge in [-0.25, -0.2) is 4.98 Å². The normalized spacial score (nSPS) is 14.7. The second kappa shape index (κ2) is 8.70. The fourth-order valence-corrected chi connectivity index (χ4v) is 3.77. The van der Waals surface area contributed by atoms with Crippen LogP contribution in [0.4, 0.5) is 0 Å². The molecule has 1 fully saturated rings. The van der Waals surface area contributed by atoms with Crippen molar-refractivity contribution in [2.45, 2.75) is 38.4 Å². The molecule has 0 bridgehead atoms. The lowest BCUT2D eigenvalue weighted by Crippen LogP contribution is -2.38. The van der Waals surface area contributed by atoms with Crippen LogP contribution in [-0.2, 0) is 0 Å². The molecule has 0 spiro atoms. The minimum atomic E-state index is 0.103. The molecule has 0 saturated carbocycles. The fraction of sp³-hybridized carbons (Fsp3) is 0.364. The molecule has 27 heavy (non-hydrogen) atoms. The maximum Gasteiger partial charge on any atom is 0.253 e. The topological polar surface area (TPSA) is 38.1 Å². The van der Waals surface area contributed by atoms with E-state index in [0.29, 0.717) is 4.83 Å². The van der Waals surface area contributed by atoms with Crippen molar-refractivity contribution in [2.75, 3.05) is 13.1 Å². The summed E-state index contributed by atoms with van der Waals surface area (Å²) in [7, 11) is 0. The molecule has 4 rings (SSSR count). The number of halogens is 1. The van der Waals surface area contributed by atoms with Crippen molar-refractivity contribution >= 4 is 32.9 Å². The van der Waals surface area contributed by atoms with E-state index in [2.05, 4.69) is 50.6 Å². The number of carbonyl (C=O) groups is 1. The Kier molecular flexibility index (Phi) is 6.32. The number of nitrogens with zero attached hydrogens (tertiary/aromatic N) is 3. The Hall–Kier alpha value is -2.14. The predicted molar refractivity (Wildman–Crippen MR) is 115 cm³/mol. The SMILES string of the molecule is CC.Cc1cccc(-n2cnc3cc(C(=O)N4CCC(Br)CC4)ccc32)c1. The number of benzene rings is 2. The molecular formula is C22H26BrN3O. The van der Waals surface area contributed by atoms with E-state index < -0.39 is 0 Å². The molecule has 0 atom stereocenters. The molecule has 1 aliphatic heterocycles. The number of fused-ring (bicyclic) bond motifs is 1. The molecule has 3 aromatic rings. The van der Waals surface area contributed by atoms with Gasteiger partial charge < -0.3 is 4.90 Å². The third kappa shape index (κ3) is 4.24. The van der Waals surface area contributed by atoms with Crippen LogP contribution in [0.15, 0.2) is 48.8 Å². The second-order valence-electron chi connectivity index (χ2n) is 6.62. The highest BCUT2D eigenvalue weighted by molar-refractivity contribution is 9.09. The maximum atomic E-state index is 12.7. The Morgan fingerprint density at radius 2 is 1.85 bits per heavy atom. The minimum absolute atomic E-state index is 0.103. The molecule has 142 valence electrons. The van der Waals surface area contributed by atoms with Crippen LogP contribution < -0.4 is 0 Å². The van der Waals surface area contributed by atoms with Crippen LogP contribution in [0, 0.1) is 6.92 Å². The van der Waals surface area contributed by atoms with Gasteiger partial charge in [0.15, 0.2) is 0 Å². The van der Waals surface area contributed by atoms with Gasteiger partial charge in [-0.2, -0.15) is 0 Å². The summed E-state index contributed by atoms with van der Waals surface area (Å²) in [6.45, 7) is 7.70. The Bertz CT molecular complexity index is 926. The maximum absolute atomic E-state index is 12.7. The molecule has 1 aliphatic rings. The molecule has 4 nitrogen and oxygen atoms in total. The number of amides is 1. The third-order valence-corrected chi connectivity index (χ3v) is 5.70. The molecule has 1 aromatic heterocycles. The second-order valence-corrected chi connectivity index (χ2v) is 7.92. The number of rotatable bonds is 2. The molecule has 0 unspecified atom stereocenters. The van der Waals surface area contributed by atoms with Gasteiger partial charge in [0.2, 0.25) is 0 Å². The molecule has 1 saturated heterocycles. The number of alkyl halides is 1. The Morgan fingerprint density at radius 1 is 1.11 bits per heavy atom. The molecule has 0 N–H and O–H groups in total. The van der Waals surface area contributed by atoms with Crippen molar-refractivity contribution < 1.29 is 4.79 Å². The zero-order valence-corrected chi connectivity index (χ0v) is 17.7. The summed E-state index contributed by atoms with van der Waals surface area (Å²) in [5.74, 6) is 0.103. The largest absolute Gasteiger partial charge is 0.339 e. The van der Waals surface area contributed by atoms with Crippen molar-refractivity contribution in [1.82, 2.24) is 14.5 Å². The average molecular weight is 428 g/mol. The first-order valence-electron chi connectivity index (χ1n) is 9.59. The summed E-state index contributed by atoms with van der Waals surface area (Å²) >= 11 is 3.63. The van der Waals surface area contributed by atoms with Crippen LogP contribution in [0.2, 0.25) is 0 Å².